The fourth-order valence-corrected chi connectivity index (χ4v) is 2.50. The lowest BCUT2D eigenvalue weighted by Gasteiger charge is -2.16. The van der Waals surface area contributed by atoms with E-state index in [1.807, 2.05) is 0 Å². The van der Waals surface area contributed by atoms with Crippen molar-refractivity contribution < 1.29 is 9.18 Å². The monoisotopic (exact) mass is 316 g/mol. The summed E-state index contributed by atoms with van der Waals surface area (Å²) in [6.07, 6.45) is 2.49. The molecule has 2 aromatic heterocycles. The molecule has 2 rings (SSSR count). The first-order chi connectivity index (χ1) is 7.95. The van der Waals surface area contributed by atoms with Gasteiger partial charge < -0.3 is 4.79 Å². The Labute approximate surface area is 110 Å². The van der Waals surface area contributed by atoms with Gasteiger partial charge in [-0.2, -0.15) is 5.10 Å². The third-order valence-corrected chi connectivity index (χ3v) is 3.71. The minimum Gasteiger partial charge on any atom is -0.301 e. The van der Waals surface area contributed by atoms with E-state index in [4.69, 9.17) is 0 Å². The summed E-state index contributed by atoms with van der Waals surface area (Å²) in [5.41, 5.74) is 0.216. The Bertz CT molecular complexity index is 562. The van der Waals surface area contributed by atoms with Crippen LogP contribution in [-0.4, -0.2) is 16.1 Å². The van der Waals surface area contributed by atoms with E-state index < -0.39 is 5.54 Å². The van der Waals surface area contributed by atoms with Crippen molar-refractivity contribution in [1.82, 2.24) is 9.78 Å². The number of nitrogens with zero attached hydrogens (tertiary/aromatic N) is 2. The molecule has 0 unspecified atom stereocenters. The van der Waals surface area contributed by atoms with Crippen molar-refractivity contribution in [1.29, 1.82) is 0 Å². The molecule has 2 heterocycles. The summed E-state index contributed by atoms with van der Waals surface area (Å²) in [4.78, 5) is 11.0. The fraction of sp³-hybridized carbons (Fsp3) is 0.273. The first kappa shape index (κ1) is 12.4. The van der Waals surface area contributed by atoms with Crippen LogP contribution in [0, 0.1) is 5.82 Å². The van der Waals surface area contributed by atoms with Crippen LogP contribution >= 0.6 is 27.3 Å². The SMILES string of the molecule is CC(C)(C=O)n1cc(Br)c(-c2cscc2F)n1. The quantitative estimate of drug-likeness (QED) is 0.813. The maximum atomic E-state index is 13.5. The second-order valence-electron chi connectivity index (χ2n) is 4.18. The predicted octanol–water partition coefficient (Wildman–Crippen LogP) is 3.45. The van der Waals surface area contributed by atoms with Crippen molar-refractivity contribution in [3.05, 3.63) is 27.2 Å². The first-order valence-corrected chi connectivity index (χ1v) is 6.63. The summed E-state index contributed by atoms with van der Waals surface area (Å²) in [6.45, 7) is 3.49. The minimum absolute atomic E-state index is 0.301. The van der Waals surface area contributed by atoms with Crippen molar-refractivity contribution in [2.24, 2.45) is 0 Å². The van der Waals surface area contributed by atoms with Crippen LogP contribution in [0.25, 0.3) is 11.3 Å². The second kappa shape index (κ2) is 4.34. The number of hydrogen-bond donors (Lipinski definition) is 0. The molecule has 0 fully saturated rings. The topological polar surface area (TPSA) is 34.9 Å². The molecule has 0 saturated carbocycles. The van der Waals surface area contributed by atoms with Gasteiger partial charge in [-0.3, -0.25) is 4.68 Å². The molecule has 0 radical (unpaired) electrons. The summed E-state index contributed by atoms with van der Waals surface area (Å²) in [5.74, 6) is -0.301. The number of rotatable bonds is 3. The molecule has 3 nitrogen and oxygen atoms in total. The van der Waals surface area contributed by atoms with Crippen molar-refractivity contribution in [3.8, 4) is 11.3 Å². The molecular formula is C11H10BrFN2OS. The van der Waals surface area contributed by atoms with Crippen LogP contribution in [0.5, 0.6) is 0 Å². The molecule has 0 saturated heterocycles. The van der Waals surface area contributed by atoms with Gasteiger partial charge in [-0.25, -0.2) is 4.39 Å². The third-order valence-electron chi connectivity index (χ3n) is 2.42. The smallest absolute Gasteiger partial charge is 0.147 e. The molecule has 6 heteroatoms. The van der Waals surface area contributed by atoms with Gasteiger partial charge in [0.2, 0.25) is 0 Å². The van der Waals surface area contributed by atoms with Gasteiger partial charge in [0.05, 0.1) is 4.47 Å². The van der Waals surface area contributed by atoms with E-state index in [1.165, 1.54) is 21.4 Å². The Balaban J connectivity index is 2.52. The number of aromatic nitrogens is 2. The van der Waals surface area contributed by atoms with E-state index in [1.54, 1.807) is 25.4 Å². The van der Waals surface area contributed by atoms with E-state index in [9.17, 15) is 9.18 Å². The molecule has 0 aliphatic carbocycles. The van der Waals surface area contributed by atoms with Crippen LogP contribution in [0.1, 0.15) is 13.8 Å². The van der Waals surface area contributed by atoms with Crippen molar-refractivity contribution >= 4 is 33.6 Å². The largest absolute Gasteiger partial charge is 0.301 e. The van der Waals surface area contributed by atoms with Crippen LogP contribution in [0.2, 0.25) is 0 Å². The fourth-order valence-electron chi connectivity index (χ4n) is 1.34. The van der Waals surface area contributed by atoms with Gasteiger partial charge in [0.1, 0.15) is 23.3 Å². The maximum absolute atomic E-state index is 13.5. The first-order valence-electron chi connectivity index (χ1n) is 4.90. The van der Waals surface area contributed by atoms with Crippen LogP contribution in [-0.2, 0) is 10.3 Å². The molecule has 0 spiro atoms. The van der Waals surface area contributed by atoms with E-state index in [2.05, 4.69) is 21.0 Å². The molecule has 17 heavy (non-hydrogen) atoms. The van der Waals surface area contributed by atoms with Crippen LogP contribution < -0.4 is 0 Å². The van der Waals surface area contributed by atoms with Gasteiger partial charge in [0.25, 0.3) is 0 Å². The van der Waals surface area contributed by atoms with Gasteiger partial charge in [-0.1, -0.05) is 0 Å². The lowest BCUT2D eigenvalue weighted by molar-refractivity contribution is -0.114. The molecule has 0 aromatic carbocycles. The standard InChI is InChI=1S/C11H10BrFN2OS/c1-11(2,6-16)15-3-8(12)10(14-15)7-4-17-5-9(7)13/h3-6H,1-2H3. The van der Waals surface area contributed by atoms with E-state index >= 15 is 0 Å². The number of carbonyl (C=O) groups is 1. The number of thiophene rings is 1. The molecule has 0 bridgehead atoms. The van der Waals surface area contributed by atoms with E-state index in [-0.39, 0.29) is 5.82 Å². The van der Waals surface area contributed by atoms with Crippen LogP contribution in [0.15, 0.2) is 21.4 Å². The molecule has 2 aromatic rings. The molecule has 0 aliphatic heterocycles. The number of halogens is 2. The molecule has 0 N–H and O–H groups in total. The molecule has 0 amide bonds. The zero-order chi connectivity index (χ0) is 12.6. The molecule has 90 valence electrons. The second-order valence-corrected chi connectivity index (χ2v) is 5.77. The molecule has 0 aliphatic rings. The van der Waals surface area contributed by atoms with Gasteiger partial charge in [-0.15, -0.1) is 11.3 Å². The Morgan fingerprint density at radius 3 is 2.76 bits per heavy atom. The summed E-state index contributed by atoms with van der Waals surface area (Å²) in [5, 5.41) is 7.38. The maximum Gasteiger partial charge on any atom is 0.147 e. The number of aldehydes is 1. The zero-order valence-electron chi connectivity index (χ0n) is 9.28. The molecule has 0 atom stereocenters. The zero-order valence-corrected chi connectivity index (χ0v) is 11.7. The van der Waals surface area contributed by atoms with Gasteiger partial charge in [0, 0.05) is 22.5 Å². The molecular weight excluding hydrogens is 307 g/mol. The highest BCUT2D eigenvalue weighted by Gasteiger charge is 2.23. The summed E-state index contributed by atoms with van der Waals surface area (Å²) in [6, 6.07) is 0. The average molecular weight is 317 g/mol. The summed E-state index contributed by atoms with van der Waals surface area (Å²) >= 11 is 4.61. The van der Waals surface area contributed by atoms with Crippen LogP contribution in [0.3, 0.4) is 0 Å². The van der Waals surface area contributed by atoms with Gasteiger partial charge >= 0.3 is 0 Å². The Hall–Kier alpha value is -1.01. The lowest BCUT2D eigenvalue weighted by Crippen LogP contribution is -2.28. The van der Waals surface area contributed by atoms with Crippen molar-refractivity contribution in [2.45, 2.75) is 19.4 Å². The van der Waals surface area contributed by atoms with Crippen LogP contribution in [0.4, 0.5) is 4.39 Å². The highest BCUT2D eigenvalue weighted by atomic mass is 79.9. The predicted molar refractivity (Wildman–Crippen MR) is 68.6 cm³/mol. The normalized spacial score (nSPS) is 11.8. The highest BCUT2D eigenvalue weighted by Crippen LogP contribution is 2.32. The summed E-state index contributed by atoms with van der Waals surface area (Å²) < 4.78 is 15.7. The highest BCUT2D eigenvalue weighted by molar-refractivity contribution is 9.10. The number of hydrogen-bond acceptors (Lipinski definition) is 3. The number of carbonyl (C=O) groups excluding carboxylic acids is 1. The Morgan fingerprint density at radius 1 is 1.53 bits per heavy atom. The average Bonchev–Trinajstić information content (AvgIpc) is 2.85. The Kier molecular flexibility index (Phi) is 3.18. The van der Waals surface area contributed by atoms with Crippen molar-refractivity contribution in [3.63, 3.8) is 0 Å². The third kappa shape index (κ3) is 2.19. The summed E-state index contributed by atoms with van der Waals surface area (Å²) in [7, 11) is 0. The van der Waals surface area contributed by atoms with Gasteiger partial charge in [0.15, 0.2) is 0 Å². The van der Waals surface area contributed by atoms with Gasteiger partial charge in [-0.05, 0) is 29.8 Å². The Morgan fingerprint density at radius 2 is 2.24 bits per heavy atom. The minimum atomic E-state index is -0.743. The van der Waals surface area contributed by atoms with Crippen molar-refractivity contribution in [2.75, 3.05) is 0 Å². The van der Waals surface area contributed by atoms with E-state index in [0.717, 1.165) is 6.29 Å². The van der Waals surface area contributed by atoms with E-state index in [0.29, 0.717) is 15.7 Å². The lowest BCUT2D eigenvalue weighted by atomic mass is 10.1.